The molecule has 0 saturated carbocycles. The molecule has 1 aromatic carbocycles. The van der Waals surface area contributed by atoms with Crippen LogP contribution in [0.4, 0.5) is 5.82 Å². The molecule has 0 aliphatic carbocycles. The Morgan fingerprint density at radius 3 is 2.75 bits per heavy atom. The maximum absolute atomic E-state index is 11.1. The topological polar surface area (TPSA) is 112 Å². The van der Waals surface area contributed by atoms with Gasteiger partial charge >= 0.3 is 7.60 Å². The monoisotopic (exact) mass is 424 g/mol. The molecule has 28 heavy (non-hydrogen) atoms. The summed E-state index contributed by atoms with van der Waals surface area (Å²) in [4.78, 5) is 32.6. The highest BCUT2D eigenvalue weighted by molar-refractivity contribution is 7.51. The molecule has 3 heterocycles. The molecule has 2 aromatic heterocycles. The van der Waals surface area contributed by atoms with Gasteiger partial charge in [-0.3, -0.25) is 4.57 Å². The average Bonchev–Trinajstić information content (AvgIpc) is 3.03. The number of aromatic nitrogens is 3. The Balaban J connectivity index is 1.61. The van der Waals surface area contributed by atoms with Gasteiger partial charge in [0.15, 0.2) is 5.82 Å². The smallest absolute Gasteiger partial charge is 0.325 e. The molecule has 3 N–H and O–H groups in total. The quantitative estimate of drug-likeness (QED) is 0.424. The molecule has 0 spiro atoms. The Morgan fingerprint density at radius 2 is 2.07 bits per heavy atom. The third-order valence-electron chi connectivity index (χ3n) is 5.35. The molecular weight excluding hydrogens is 403 g/mol. The van der Waals surface area contributed by atoms with E-state index in [2.05, 4.69) is 19.9 Å². The van der Waals surface area contributed by atoms with Crippen LogP contribution in [0.25, 0.3) is 21.9 Å². The number of nitrogens with zero attached hydrogens (tertiary/aromatic N) is 3. The predicted molar refractivity (Wildman–Crippen MR) is 109 cm³/mol. The number of piperidine rings is 1. The van der Waals surface area contributed by atoms with Crippen molar-refractivity contribution in [2.45, 2.75) is 19.3 Å². The van der Waals surface area contributed by atoms with Gasteiger partial charge in [-0.1, -0.05) is 0 Å². The van der Waals surface area contributed by atoms with Crippen LogP contribution in [0.15, 0.2) is 18.2 Å². The summed E-state index contributed by atoms with van der Waals surface area (Å²) in [7, 11) is -2.31. The molecule has 1 saturated heterocycles. The van der Waals surface area contributed by atoms with Crippen molar-refractivity contribution >= 4 is 47.0 Å². The Hall–Kier alpha value is -1.86. The Morgan fingerprint density at radius 1 is 1.32 bits per heavy atom. The van der Waals surface area contributed by atoms with Crippen LogP contribution >= 0.6 is 19.2 Å². The molecule has 0 unspecified atom stereocenters. The van der Waals surface area contributed by atoms with Crippen LogP contribution in [0.2, 0.25) is 5.28 Å². The summed E-state index contributed by atoms with van der Waals surface area (Å²) in [5.74, 6) is 1.83. The highest BCUT2D eigenvalue weighted by atomic mass is 35.5. The lowest BCUT2D eigenvalue weighted by Crippen LogP contribution is -2.34. The minimum atomic E-state index is -3.94. The molecule has 1 aliphatic rings. The zero-order valence-electron chi connectivity index (χ0n) is 15.4. The summed E-state index contributed by atoms with van der Waals surface area (Å²) >= 11 is 6.21. The Bertz CT molecular complexity index is 1060. The summed E-state index contributed by atoms with van der Waals surface area (Å²) < 4.78 is 16.4. The van der Waals surface area contributed by atoms with E-state index < -0.39 is 7.60 Å². The number of methoxy groups -OCH3 is 1. The first-order chi connectivity index (χ1) is 13.3. The van der Waals surface area contributed by atoms with Gasteiger partial charge in [0.05, 0.1) is 18.8 Å². The van der Waals surface area contributed by atoms with Gasteiger partial charge in [-0.2, -0.15) is 4.98 Å². The molecule has 1 aliphatic heterocycles. The molecule has 10 heteroatoms. The van der Waals surface area contributed by atoms with E-state index in [1.165, 1.54) is 0 Å². The number of hydrogen-bond acceptors (Lipinski definition) is 5. The van der Waals surface area contributed by atoms with E-state index in [0.29, 0.717) is 12.3 Å². The fourth-order valence-corrected chi connectivity index (χ4v) is 4.71. The van der Waals surface area contributed by atoms with Gasteiger partial charge in [0.1, 0.15) is 16.8 Å². The summed E-state index contributed by atoms with van der Waals surface area (Å²) in [5, 5.41) is 1.15. The molecule has 4 rings (SSSR count). The Labute approximate surface area is 167 Å². The van der Waals surface area contributed by atoms with Gasteiger partial charge in [0, 0.05) is 24.5 Å². The van der Waals surface area contributed by atoms with E-state index in [1.54, 1.807) is 7.11 Å². The highest BCUT2D eigenvalue weighted by Crippen LogP contribution is 2.39. The minimum absolute atomic E-state index is 0.0505. The summed E-state index contributed by atoms with van der Waals surface area (Å²) in [6.45, 7) is 1.51. The number of H-pyrrole nitrogens is 1. The summed E-state index contributed by atoms with van der Waals surface area (Å²) in [6, 6.07) is 5.76. The molecular formula is C18H22ClN4O4P. The molecule has 1 fully saturated rings. The van der Waals surface area contributed by atoms with Gasteiger partial charge in [-0.15, -0.1) is 0 Å². The second-order valence-corrected chi connectivity index (χ2v) is 9.30. The van der Waals surface area contributed by atoms with Crippen LogP contribution in [0.1, 0.15) is 19.3 Å². The van der Waals surface area contributed by atoms with Crippen molar-refractivity contribution in [1.82, 2.24) is 15.0 Å². The van der Waals surface area contributed by atoms with Gasteiger partial charge in [-0.05, 0) is 48.9 Å². The minimum Gasteiger partial charge on any atom is -0.497 e. The number of halogens is 1. The van der Waals surface area contributed by atoms with E-state index in [9.17, 15) is 4.57 Å². The third kappa shape index (κ3) is 3.96. The van der Waals surface area contributed by atoms with Crippen molar-refractivity contribution < 1.29 is 19.1 Å². The van der Waals surface area contributed by atoms with Crippen LogP contribution in [0, 0.1) is 5.92 Å². The summed E-state index contributed by atoms with van der Waals surface area (Å²) in [5.41, 5.74) is 2.52. The number of nitrogens with one attached hydrogen (secondary N) is 1. The highest BCUT2D eigenvalue weighted by Gasteiger charge is 2.25. The van der Waals surface area contributed by atoms with Crippen LogP contribution < -0.4 is 9.64 Å². The zero-order chi connectivity index (χ0) is 19.9. The van der Waals surface area contributed by atoms with Gasteiger partial charge in [0.2, 0.25) is 5.28 Å². The van der Waals surface area contributed by atoms with Crippen molar-refractivity contribution in [2.24, 2.45) is 5.92 Å². The second kappa shape index (κ2) is 7.52. The van der Waals surface area contributed by atoms with Gasteiger partial charge < -0.3 is 24.4 Å². The second-order valence-electron chi connectivity index (χ2n) is 7.18. The van der Waals surface area contributed by atoms with Crippen LogP contribution in [-0.2, 0) is 4.57 Å². The fourth-order valence-electron chi connectivity index (χ4n) is 3.84. The maximum atomic E-state index is 11.1. The first-order valence-electron chi connectivity index (χ1n) is 9.16. The average molecular weight is 425 g/mol. The number of ether oxygens (including phenoxy) is 1. The van der Waals surface area contributed by atoms with E-state index in [-0.39, 0.29) is 11.4 Å². The predicted octanol–water partition coefficient (Wildman–Crippen LogP) is 3.56. The van der Waals surface area contributed by atoms with E-state index >= 15 is 0 Å². The van der Waals surface area contributed by atoms with Crippen LogP contribution in [0.3, 0.4) is 0 Å². The number of fused-ring (bicyclic) bond motifs is 3. The molecule has 0 atom stereocenters. The number of aromatic amines is 1. The van der Waals surface area contributed by atoms with E-state index in [4.69, 9.17) is 26.1 Å². The van der Waals surface area contributed by atoms with Crippen molar-refractivity contribution in [1.29, 1.82) is 0 Å². The molecule has 0 amide bonds. The number of benzene rings is 1. The molecule has 3 aromatic rings. The Kier molecular flexibility index (Phi) is 5.22. The van der Waals surface area contributed by atoms with Crippen LogP contribution in [-0.4, -0.2) is 51.1 Å². The zero-order valence-corrected chi connectivity index (χ0v) is 17.1. The molecule has 150 valence electrons. The third-order valence-corrected chi connectivity index (χ3v) is 6.36. The molecule has 0 bridgehead atoms. The first-order valence-corrected chi connectivity index (χ1v) is 11.3. The molecule has 0 radical (unpaired) electrons. The van der Waals surface area contributed by atoms with Gasteiger partial charge in [0.25, 0.3) is 0 Å². The largest absolute Gasteiger partial charge is 0.497 e. The van der Waals surface area contributed by atoms with E-state index in [0.717, 1.165) is 59.4 Å². The normalized spacial score (nSPS) is 16.2. The van der Waals surface area contributed by atoms with Crippen molar-refractivity contribution in [2.75, 3.05) is 31.3 Å². The van der Waals surface area contributed by atoms with Crippen LogP contribution in [0.5, 0.6) is 5.75 Å². The first kappa shape index (κ1) is 19.5. The van der Waals surface area contributed by atoms with Crippen molar-refractivity contribution in [3.05, 3.63) is 23.5 Å². The SMILES string of the molecule is COc1ccc2c(c1)[nH]c1c(N3CCC(CCP(=O)(O)O)CC3)nc(Cl)nc12. The lowest BCUT2D eigenvalue weighted by Gasteiger charge is -2.33. The summed E-state index contributed by atoms with van der Waals surface area (Å²) in [6.07, 6.45) is 2.21. The van der Waals surface area contributed by atoms with E-state index in [1.807, 2.05) is 18.2 Å². The lowest BCUT2D eigenvalue weighted by molar-refractivity contribution is 0.350. The lowest BCUT2D eigenvalue weighted by atomic mass is 9.94. The number of hydrogen-bond donors (Lipinski definition) is 3. The van der Waals surface area contributed by atoms with Crippen molar-refractivity contribution in [3.63, 3.8) is 0 Å². The molecule has 8 nitrogen and oxygen atoms in total. The fraction of sp³-hybridized carbons (Fsp3) is 0.444. The van der Waals surface area contributed by atoms with Crippen molar-refractivity contribution in [3.8, 4) is 5.75 Å². The maximum Gasteiger partial charge on any atom is 0.325 e. The number of rotatable bonds is 5. The standard InChI is InChI=1S/C18H22ClN4O4P/c1-27-12-2-3-13-14(10-12)20-16-15(13)21-18(19)22-17(16)23-7-4-11(5-8-23)6-9-28(24,25)26/h2-3,10-11,20H,4-9H2,1H3,(H2,24,25,26). The number of anilines is 1. The van der Waals surface area contributed by atoms with Gasteiger partial charge in [-0.25, -0.2) is 4.98 Å².